The second-order valence-corrected chi connectivity index (χ2v) is 7.96. The molecule has 0 aliphatic carbocycles. The molecule has 160 valence electrons. The van der Waals surface area contributed by atoms with Gasteiger partial charge >= 0.3 is 0 Å². The second-order valence-electron chi connectivity index (χ2n) is 6.28. The smallest absolute Gasteiger partial charge is 0.263 e. The number of benzene rings is 2. The van der Waals surface area contributed by atoms with E-state index in [0.29, 0.717) is 22.7 Å². The van der Waals surface area contributed by atoms with Crippen molar-refractivity contribution in [2.45, 2.75) is 4.90 Å². The van der Waals surface area contributed by atoms with Crippen LogP contribution in [0.4, 0.5) is 11.5 Å². The summed E-state index contributed by atoms with van der Waals surface area (Å²) in [6.07, 6.45) is 4.46. The third kappa shape index (κ3) is 5.83. The fourth-order valence-corrected chi connectivity index (χ4v) is 3.65. The molecule has 8 nitrogen and oxygen atoms in total. The van der Waals surface area contributed by atoms with Crippen LogP contribution >= 0.6 is 0 Å². The van der Waals surface area contributed by atoms with Gasteiger partial charge in [0.2, 0.25) is 5.91 Å². The molecule has 2 aromatic carbocycles. The molecule has 0 saturated heterocycles. The van der Waals surface area contributed by atoms with Crippen molar-refractivity contribution in [1.82, 2.24) is 4.98 Å². The molecular weight excluding hydrogens is 418 g/mol. The van der Waals surface area contributed by atoms with Gasteiger partial charge < -0.3 is 14.8 Å². The zero-order valence-corrected chi connectivity index (χ0v) is 17.7. The Hall–Kier alpha value is -3.85. The van der Waals surface area contributed by atoms with Crippen molar-refractivity contribution < 1.29 is 22.7 Å². The lowest BCUT2D eigenvalue weighted by atomic mass is 10.1. The number of methoxy groups -OCH3 is 2. The Morgan fingerprint density at radius 3 is 2.42 bits per heavy atom. The van der Waals surface area contributed by atoms with E-state index < -0.39 is 10.0 Å². The van der Waals surface area contributed by atoms with Crippen LogP contribution in [-0.2, 0) is 14.8 Å². The van der Waals surface area contributed by atoms with Gasteiger partial charge in [-0.2, -0.15) is 0 Å². The highest BCUT2D eigenvalue weighted by atomic mass is 32.2. The average Bonchev–Trinajstić information content (AvgIpc) is 2.78. The molecule has 3 aromatic rings. The Balaban J connectivity index is 1.66. The van der Waals surface area contributed by atoms with Crippen LogP contribution in [0.15, 0.2) is 77.8 Å². The van der Waals surface area contributed by atoms with Gasteiger partial charge in [0.05, 0.1) is 19.1 Å². The molecule has 2 N–H and O–H groups in total. The zero-order valence-electron chi connectivity index (χ0n) is 16.9. The third-order valence-electron chi connectivity index (χ3n) is 4.19. The predicted molar refractivity (Wildman–Crippen MR) is 119 cm³/mol. The van der Waals surface area contributed by atoms with E-state index in [0.717, 1.165) is 0 Å². The van der Waals surface area contributed by atoms with E-state index in [-0.39, 0.29) is 16.6 Å². The van der Waals surface area contributed by atoms with Crippen molar-refractivity contribution in [2.24, 2.45) is 0 Å². The molecule has 0 spiro atoms. The maximum atomic E-state index is 12.4. The molecular formula is C22H21N3O5S. The summed E-state index contributed by atoms with van der Waals surface area (Å²) < 4.78 is 37.7. The summed E-state index contributed by atoms with van der Waals surface area (Å²) in [6, 6.07) is 16.0. The monoisotopic (exact) mass is 439 g/mol. The van der Waals surface area contributed by atoms with Crippen LogP contribution < -0.4 is 19.5 Å². The van der Waals surface area contributed by atoms with Crippen LogP contribution in [0.2, 0.25) is 0 Å². The molecule has 1 amide bonds. The molecule has 1 heterocycles. The third-order valence-corrected chi connectivity index (χ3v) is 5.56. The Bertz CT molecular complexity index is 1180. The molecule has 0 fully saturated rings. The number of aromatic nitrogens is 1. The number of nitrogens with zero attached hydrogens (tertiary/aromatic N) is 1. The van der Waals surface area contributed by atoms with E-state index in [4.69, 9.17) is 9.47 Å². The van der Waals surface area contributed by atoms with E-state index in [1.54, 1.807) is 49.6 Å². The minimum Gasteiger partial charge on any atom is -0.497 e. The Kier molecular flexibility index (Phi) is 6.88. The van der Waals surface area contributed by atoms with Gasteiger partial charge in [0.15, 0.2) is 0 Å². The maximum Gasteiger partial charge on any atom is 0.263 e. The van der Waals surface area contributed by atoms with Crippen molar-refractivity contribution in [2.75, 3.05) is 24.3 Å². The first-order valence-corrected chi connectivity index (χ1v) is 10.6. The van der Waals surface area contributed by atoms with Gasteiger partial charge in [0.25, 0.3) is 10.0 Å². The highest BCUT2D eigenvalue weighted by Crippen LogP contribution is 2.25. The lowest BCUT2D eigenvalue weighted by molar-refractivity contribution is -0.111. The van der Waals surface area contributed by atoms with Crippen molar-refractivity contribution in [3.05, 3.63) is 78.5 Å². The molecule has 1 aromatic heterocycles. The summed E-state index contributed by atoms with van der Waals surface area (Å²) in [7, 11) is -0.691. The first-order valence-electron chi connectivity index (χ1n) is 9.16. The Morgan fingerprint density at radius 1 is 1.00 bits per heavy atom. The number of carbonyl (C=O) groups is 1. The molecule has 0 aliphatic heterocycles. The number of amides is 1. The standard InChI is InChI=1S/C22H21N3O5S/c1-29-18-10-6-16(20(15-18)30-2)7-13-22(26)24-17-8-11-19(12-9-17)31(27,28)25-21-5-3-4-14-23-21/h3-15H,1-2H3,(H,23,25)(H,24,26)/b13-7+. The van der Waals surface area contributed by atoms with Gasteiger partial charge in [0, 0.05) is 29.6 Å². The number of hydrogen-bond acceptors (Lipinski definition) is 6. The van der Waals surface area contributed by atoms with Crippen LogP contribution in [0.5, 0.6) is 11.5 Å². The van der Waals surface area contributed by atoms with Crippen molar-refractivity contribution in [3.8, 4) is 11.5 Å². The first-order chi connectivity index (χ1) is 14.9. The predicted octanol–water partition coefficient (Wildman–Crippen LogP) is 3.55. The number of carbonyl (C=O) groups excluding carboxylic acids is 1. The Morgan fingerprint density at radius 2 is 1.77 bits per heavy atom. The highest BCUT2D eigenvalue weighted by molar-refractivity contribution is 7.92. The number of sulfonamides is 1. The fraction of sp³-hybridized carbons (Fsp3) is 0.0909. The SMILES string of the molecule is COc1ccc(/C=C/C(=O)Nc2ccc(S(=O)(=O)Nc3ccccn3)cc2)c(OC)c1. The topological polar surface area (TPSA) is 107 Å². The van der Waals surface area contributed by atoms with E-state index >= 15 is 0 Å². The van der Waals surface area contributed by atoms with Gasteiger partial charge in [-0.1, -0.05) is 6.07 Å². The molecule has 0 aliphatic rings. The summed E-state index contributed by atoms with van der Waals surface area (Å²) in [5.74, 6) is 1.06. The van der Waals surface area contributed by atoms with E-state index in [2.05, 4.69) is 15.0 Å². The van der Waals surface area contributed by atoms with E-state index in [1.807, 2.05) is 0 Å². The van der Waals surface area contributed by atoms with Crippen LogP contribution in [0.3, 0.4) is 0 Å². The summed E-state index contributed by atoms with van der Waals surface area (Å²) in [5.41, 5.74) is 1.16. The summed E-state index contributed by atoms with van der Waals surface area (Å²) >= 11 is 0. The van der Waals surface area contributed by atoms with Gasteiger partial charge in [-0.05, 0) is 54.6 Å². The van der Waals surface area contributed by atoms with Crippen molar-refractivity contribution in [3.63, 3.8) is 0 Å². The molecule has 0 bridgehead atoms. The van der Waals surface area contributed by atoms with Crippen LogP contribution in [0, 0.1) is 0 Å². The van der Waals surface area contributed by atoms with Gasteiger partial charge in [-0.3, -0.25) is 9.52 Å². The molecule has 31 heavy (non-hydrogen) atoms. The largest absolute Gasteiger partial charge is 0.497 e. The number of hydrogen-bond donors (Lipinski definition) is 2. The quantitative estimate of drug-likeness (QED) is 0.520. The van der Waals surface area contributed by atoms with Crippen LogP contribution in [-0.4, -0.2) is 33.5 Å². The van der Waals surface area contributed by atoms with Gasteiger partial charge in [-0.25, -0.2) is 13.4 Å². The molecule has 9 heteroatoms. The number of ether oxygens (including phenoxy) is 2. The molecule has 0 unspecified atom stereocenters. The van der Waals surface area contributed by atoms with Crippen molar-refractivity contribution >= 4 is 33.5 Å². The van der Waals surface area contributed by atoms with Gasteiger partial charge in [-0.15, -0.1) is 0 Å². The zero-order chi connectivity index (χ0) is 22.3. The maximum absolute atomic E-state index is 12.4. The molecule has 3 rings (SSSR count). The van der Waals surface area contributed by atoms with Crippen LogP contribution in [0.25, 0.3) is 6.08 Å². The van der Waals surface area contributed by atoms with Crippen molar-refractivity contribution in [1.29, 1.82) is 0 Å². The average molecular weight is 439 g/mol. The molecule has 0 radical (unpaired) electrons. The van der Waals surface area contributed by atoms with Crippen LogP contribution in [0.1, 0.15) is 5.56 Å². The lowest BCUT2D eigenvalue weighted by Gasteiger charge is -2.08. The minimum absolute atomic E-state index is 0.0506. The number of nitrogens with one attached hydrogen (secondary N) is 2. The summed E-state index contributed by atoms with van der Waals surface area (Å²) in [5, 5.41) is 2.68. The van der Waals surface area contributed by atoms with E-state index in [1.165, 1.54) is 43.6 Å². The summed E-state index contributed by atoms with van der Waals surface area (Å²) in [4.78, 5) is 16.2. The first kappa shape index (κ1) is 21.8. The number of pyridine rings is 1. The van der Waals surface area contributed by atoms with E-state index in [9.17, 15) is 13.2 Å². The molecule has 0 atom stereocenters. The summed E-state index contributed by atoms with van der Waals surface area (Å²) in [6.45, 7) is 0. The second kappa shape index (κ2) is 9.77. The van der Waals surface area contributed by atoms with Gasteiger partial charge in [0.1, 0.15) is 17.3 Å². The number of anilines is 2. The minimum atomic E-state index is -3.78. The highest BCUT2D eigenvalue weighted by Gasteiger charge is 2.14. The Labute approximate surface area is 180 Å². The fourth-order valence-electron chi connectivity index (χ4n) is 2.64. The normalized spacial score (nSPS) is 11.2. The number of rotatable bonds is 8. The lowest BCUT2D eigenvalue weighted by Crippen LogP contribution is -2.14. The molecule has 0 saturated carbocycles.